The number of carbonyl (C=O) groups is 2. The topological polar surface area (TPSA) is 58.2 Å². The van der Waals surface area contributed by atoms with E-state index in [1.165, 1.54) is 6.92 Å². The molecular weight excluding hydrogens is 276 g/mol. The molecule has 1 aliphatic heterocycles. The van der Waals surface area contributed by atoms with E-state index in [2.05, 4.69) is 10.6 Å². The lowest BCUT2D eigenvalue weighted by Gasteiger charge is -2.23. The van der Waals surface area contributed by atoms with Gasteiger partial charge in [0.25, 0.3) is 0 Å². The molecule has 1 heterocycles. The smallest absolute Gasteiger partial charge is 0.224 e. The summed E-state index contributed by atoms with van der Waals surface area (Å²) < 4.78 is 0. The van der Waals surface area contributed by atoms with E-state index in [1.54, 1.807) is 12.1 Å². The zero-order chi connectivity index (χ0) is 13.7. The molecule has 0 unspecified atom stereocenters. The number of halogens is 1. The number of benzene rings is 1. The van der Waals surface area contributed by atoms with Gasteiger partial charge in [0.15, 0.2) is 5.78 Å². The van der Waals surface area contributed by atoms with Crippen LogP contribution in [-0.4, -0.2) is 30.8 Å². The molecule has 1 aromatic carbocycles. The molecular formula is C15H21ClN2O2. The third-order valence-corrected chi connectivity index (χ3v) is 3.39. The molecule has 0 bridgehead atoms. The molecule has 1 aliphatic rings. The van der Waals surface area contributed by atoms with E-state index in [4.69, 9.17) is 0 Å². The van der Waals surface area contributed by atoms with Crippen molar-refractivity contribution in [3.05, 3.63) is 35.4 Å². The van der Waals surface area contributed by atoms with E-state index in [0.29, 0.717) is 12.0 Å². The fraction of sp³-hybridized carbons (Fsp3) is 0.467. The summed E-state index contributed by atoms with van der Waals surface area (Å²) in [5.74, 6) is 0.0913. The number of hydrogen-bond acceptors (Lipinski definition) is 3. The molecule has 1 saturated heterocycles. The van der Waals surface area contributed by atoms with E-state index < -0.39 is 0 Å². The molecule has 2 rings (SSSR count). The third-order valence-electron chi connectivity index (χ3n) is 3.39. The van der Waals surface area contributed by atoms with Crippen molar-refractivity contribution >= 4 is 24.1 Å². The maximum atomic E-state index is 11.9. The van der Waals surface area contributed by atoms with Crippen LogP contribution in [0, 0.1) is 0 Å². The quantitative estimate of drug-likeness (QED) is 0.832. The summed E-state index contributed by atoms with van der Waals surface area (Å²) in [5.41, 5.74) is 1.62. The lowest BCUT2D eigenvalue weighted by molar-refractivity contribution is -0.121. The number of hydrogen-bond donors (Lipinski definition) is 2. The Morgan fingerprint density at radius 1 is 1.30 bits per heavy atom. The predicted molar refractivity (Wildman–Crippen MR) is 81.4 cm³/mol. The van der Waals surface area contributed by atoms with E-state index in [0.717, 1.165) is 31.5 Å². The molecule has 1 atom stereocenters. The van der Waals surface area contributed by atoms with Crippen LogP contribution in [0.2, 0.25) is 0 Å². The highest BCUT2D eigenvalue weighted by atomic mass is 35.5. The Labute approximate surface area is 125 Å². The SMILES string of the molecule is CC(=O)c1ccc(CC(=O)N[C@H]2CCCNC2)cc1.Cl. The number of piperidine rings is 1. The first-order chi connectivity index (χ1) is 9.15. The lowest BCUT2D eigenvalue weighted by atomic mass is 10.1. The average Bonchev–Trinajstić information content (AvgIpc) is 2.40. The summed E-state index contributed by atoms with van der Waals surface area (Å²) in [7, 11) is 0. The molecule has 5 heteroatoms. The number of nitrogens with one attached hydrogen (secondary N) is 2. The van der Waals surface area contributed by atoms with Crippen molar-refractivity contribution in [2.45, 2.75) is 32.2 Å². The van der Waals surface area contributed by atoms with Crippen LogP contribution in [0.4, 0.5) is 0 Å². The molecule has 4 nitrogen and oxygen atoms in total. The minimum atomic E-state index is 0. The Hall–Kier alpha value is -1.39. The normalized spacial score (nSPS) is 17.9. The number of carbonyl (C=O) groups excluding carboxylic acids is 2. The van der Waals surface area contributed by atoms with Gasteiger partial charge in [-0.15, -0.1) is 12.4 Å². The molecule has 1 aromatic rings. The van der Waals surface area contributed by atoms with Crippen LogP contribution in [-0.2, 0) is 11.2 Å². The van der Waals surface area contributed by atoms with Crippen LogP contribution in [0.25, 0.3) is 0 Å². The van der Waals surface area contributed by atoms with Gasteiger partial charge in [-0.2, -0.15) is 0 Å². The van der Waals surface area contributed by atoms with Gasteiger partial charge < -0.3 is 10.6 Å². The van der Waals surface area contributed by atoms with Crippen LogP contribution in [0.5, 0.6) is 0 Å². The van der Waals surface area contributed by atoms with Gasteiger partial charge in [0.05, 0.1) is 6.42 Å². The van der Waals surface area contributed by atoms with Crippen LogP contribution < -0.4 is 10.6 Å². The molecule has 0 aromatic heterocycles. The highest BCUT2D eigenvalue weighted by Gasteiger charge is 2.15. The Morgan fingerprint density at radius 3 is 2.55 bits per heavy atom. The first-order valence-corrected chi connectivity index (χ1v) is 6.75. The maximum Gasteiger partial charge on any atom is 0.224 e. The van der Waals surface area contributed by atoms with Crippen molar-refractivity contribution in [2.24, 2.45) is 0 Å². The van der Waals surface area contributed by atoms with Gasteiger partial charge in [0.2, 0.25) is 5.91 Å². The summed E-state index contributed by atoms with van der Waals surface area (Å²) in [6.07, 6.45) is 2.52. The van der Waals surface area contributed by atoms with Crippen LogP contribution in [0.15, 0.2) is 24.3 Å². The monoisotopic (exact) mass is 296 g/mol. The van der Waals surface area contributed by atoms with Gasteiger partial charge in [-0.3, -0.25) is 9.59 Å². The minimum absolute atomic E-state index is 0. The van der Waals surface area contributed by atoms with Gasteiger partial charge in [0.1, 0.15) is 0 Å². The summed E-state index contributed by atoms with van der Waals surface area (Å²) in [5, 5.41) is 6.31. The molecule has 2 N–H and O–H groups in total. The lowest BCUT2D eigenvalue weighted by Crippen LogP contribution is -2.46. The molecule has 0 saturated carbocycles. The maximum absolute atomic E-state index is 11.9. The highest BCUT2D eigenvalue weighted by molar-refractivity contribution is 5.94. The van der Waals surface area contributed by atoms with Gasteiger partial charge in [-0.05, 0) is 31.9 Å². The summed E-state index contributed by atoms with van der Waals surface area (Å²) >= 11 is 0. The van der Waals surface area contributed by atoms with Crippen molar-refractivity contribution in [2.75, 3.05) is 13.1 Å². The largest absolute Gasteiger partial charge is 0.352 e. The van der Waals surface area contributed by atoms with Crippen LogP contribution in [0.1, 0.15) is 35.7 Å². The number of Topliss-reactive ketones (excluding diaryl/α,β-unsaturated/α-hetero) is 1. The summed E-state index contributed by atoms with van der Waals surface area (Å²) in [6, 6.07) is 7.48. The minimum Gasteiger partial charge on any atom is -0.352 e. The standard InChI is InChI=1S/C15H20N2O2.ClH/c1-11(18)13-6-4-12(5-7-13)9-15(19)17-14-3-2-8-16-10-14;/h4-7,14,16H,2-3,8-10H2,1H3,(H,17,19);1H/t14-;/m0./s1. The number of amides is 1. The molecule has 1 fully saturated rings. The third kappa shape index (κ3) is 4.94. The second-order valence-electron chi connectivity index (χ2n) is 5.04. The second kappa shape index (κ2) is 8.02. The number of ketones is 1. The van der Waals surface area contributed by atoms with E-state index >= 15 is 0 Å². The Balaban J connectivity index is 0.00000200. The van der Waals surface area contributed by atoms with Crippen molar-refractivity contribution < 1.29 is 9.59 Å². The van der Waals surface area contributed by atoms with E-state index in [9.17, 15) is 9.59 Å². The van der Waals surface area contributed by atoms with Crippen molar-refractivity contribution in [3.63, 3.8) is 0 Å². The molecule has 0 radical (unpaired) electrons. The van der Waals surface area contributed by atoms with Gasteiger partial charge in [0, 0.05) is 18.2 Å². The zero-order valence-corrected chi connectivity index (χ0v) is 12.5. The highest BCUT2D eigenvalue weighted by Crippen LogP contribution is 2.07. The van der Waals surface area contributed by atoms with Crippen molar-refractivity contribution in [1.29, 1.82) is 0 Å². The Bertz CT molecular complexity index is 453. The van der Waals surface area contributed by atoms with Crippen LogP contribution in [0.3, 0.4) is 0 Å². The summed E-state index contributed by atoms with van der Waals surface area (Å²) in [6.45, 7) is 3.44. The first-order valence-electron chi connectivity index (χ1n) is 6.75. The van der Waals surface area contributed by atoms with Crippen LogP contribution >= 0.6 is 12.4 Å². The Morgan fingerprint density at radius 2 is 2.00 bits per heavy atom. The predicted octanol–water partition coefficient (Wildman–Crippen LogP) is 1.72. The van der Waals surface area contributed by atoms with Crippen molar-refractivity contribution in [1.82, 2.24) is 10.6 Å². The van der Waals surface area contributed by atoms with Gasteiger partial charge in [-0.25, -0.2) is 0 Å². The first kappa shape index (κ1) is 16.7. The Kier molecular flexibility index (Phi) is 6.68. The number of rotatable bonds is 4. The fourth-order valence-electron chi connectivity index (χ4n) is 2.30. The molecule has 110 valence electrons. The molecule has 1 amide bonds. The molecule has 20 heavy (non-hydrogen) atoms. The van der Waals surface area contributed by atoms with E-state index in [1.807, 2.05) is 12.1 Å². The fourth-order valence-corrected chi connectivity index (χ4v) is 2.30. The summed E-state index contributed by atoms with van der Waals surface area (Å²) in [4.78, 5) is 23.0. The van der Waals surface area contributed by atoms with Gasteiger partial charge in [-0.1, -0.05) is 24.3 Å². The molecule has 0 aliphatic carbocycles. The molecule has 0 spiro atoms. The average molecular weight is 297 g/mol. The zero-order valence-electron chi connectivity index (χ0n) is 11.6. The van der Waals surface area contributed by atoms with Crippen molar-refractivity contribution in [3.8, 4) is 0 Å². The van der Waals surface area contributed by atoms with Gasteiger partial charge >= 0.3 is 0 Å². The van der Waals surface area contributed by atoms with E-state index in [-0.39, 0.29) is 30.1 Å². The second-order valence-corrected chi connectivity index (χ2v) is 5.04.